The first-order chi connectivity index (χ1) is 10.7. The average Bonchev–Trinajstić information content (AvgIpc) is 3.08. The van der Waals surface area contributed by atoms with Crippen molar-refractivity contribution in [2.45, 2.75) is 6.42 Å². The van der Waals surface area contributed by atoms with E-state index in [9.17, 15) is 10.1 Å². The van der Waals surface area contributed by atoms with Crippen LogP contribution in [-0.2, 0) is 6.42 Å². The maximum absolute atomic E-state index is 11.2. The molecule has 0 aliphatic carbocycles. The molecule has 0 spiro atoms. The van der Waals surface area contributed by atoms with Crippen LogP contribution < -0.4 is 10.1 Å². The second-order valence-electron chi connectivity index (χ2n) is 4.62. The van der Waals surface area contributed by atoms with Crippen molar-refractivity contribution >= 4 is 27.9 Å². The summed E-state index contributed by atoms with van der Waals surface area (Å²) in [6, 6.07) is 7.73. The van der Waals surface area contributed by atoms with Gasteiger partial charge in [0.05, 0.1) is 7.11 Å². The fourth-order valence-corrected chi connectivity index (χ4v) is 2.89. The molecule has 0 aliphatic rings. The van der Waals surface area contributed by atoms with Crippen LogP contribution in [0.5, 0.6) is 5.75 Å². The van der Waals surface area contributed by atoms with E-state index in [4.69, 9.17) is 4.74 Å². The molecule has 1 aromatic carbocycles. The van der Waals surface area contributed by atoms with Gasteiger partial charge in [-0.15, -0.1) is 0 Å². The highest BCUT2D eigenvalue weighted by atomic mass is 32.1. The van der Waals surface area contributed by atoms with Gasteiger partial charge in [-0.05, 0) is 29.0 Å². The lowest BCUT2D eigenvalue weighted by molar-refractivity contribution is -0.389. The van der Waals surface area contributed by atoms with Gasteiger partial charge in [-0.1, -0.05) is 23.5 Å². The van der Waals surface area contributed by atoms with Gasteiger partial charge in [0.15, 0.2) is 0 Å². The van der Waals surface area contributed by atoms with Gasteiger partial charge in [-0.3, -0.25) is 0 Å². The molecule has 2 aromatic heterocycles. The van der Waals surface area contributed by atoms with Crippen LogP contribution in [0, 0.1) is 10.1 Å². The van der Waals surface area contributed by atoms with Crippen LogP contribution in [-0.4, -0.2) is 28.0 Å². The van der Waals surface area contributed by atoms with Gasteiger partial charge in [0.2, 0.25) is 5.82 Å². The van der Waals surface area contributed by atoms with Gasteiger partial charge in [-0.2, -0.15) is 9.38 Å². The second-order valence-corrected chi connectivity index (χ2v) is 5.49. The monoisotopic (exact) mass is 318 g/mol. The number of benzene rings is 1. The van der Waals surface area contributed by atoms with E-state index in [0.717, 1.165) is 17.7 Å². The summed E-state index contributed by atoms with van der Waals surface area (Å²) in [5.74, 6) is 1.10. The van der Waals surface area contributed by atoms with Crippen LogP contribution in [0.3, 0.4) is 0 Å². The molecule has 0 saturated carbocycles. The van der Waals surface area contributed by atoms with E-state index in [-0.39, 0.29) is 5.82 Å². The van der Waals surface area contributed by atoms with Crippen LogP contribution in [0.15, 0.2) is 35.8 Å². The van der Waals surface area contributed by atoms with Gasteiger partial charge < -0.3 is 20.2 Å². The summed E-state index contributed by atoms with van der Waals surface area (Å²) in [5.41, 5.74) is 1.12. The standard InChI is InChI=1S/C14H14N4O3S/c1-21-11-4-2-10(3-5-11)6-7-15-12-13(18(19)20)17-8-9-22-14(17)16-12/h2-5,8-9,15H,6-7H2,1H3. The van der Waals surface area contributed by atoms with Gasteiger partial charge in [0.1, 0.15) is 11.9 Å². The molecule has 0 radical (unpaired) electrons. The Hall–Kier alpha value is -2.61. The molecule has 7 nitrogen and oxygen atoms in total. The largest absolute Gasteiger partial charge is 0.497 e. The summed E-state index contributed by atoms with van der Waals surface area (Å²) in [6.45, 7) is 0.567. The number of nitro groups is 1. The maximum atomic E-state index is 11.2. The molecular weight excluding hydrogens is 304 g/mol. The Morgan fingerprint density at radius 3 is 2.86 bits per heavy atom. The third-order valence-corrected chi connectivity index (χ3v) is 4.03. The lowest BCUT2D eigenvalue weighted by atomic mass is 10.1. The molecule has 0 amide bonds. The van der Waals surface area contributed by atoms with E-state index in [1.165, 1.54) is 15.7 Å². The highest BCUT2D eigenvalue weighted by molar-refractivity contribution is 7.15. The molecule has 0 aliphatic heterocycles. The molecule has 1 N–H and O–H groups in total. The van der Waals surface area contributed by atoms with E-state index >= 15 is 0 Å². The summed E-state index contributed by atoms with van der Waals surface area (Å²) < 4.78 is 6.59. The van der Waals surface area contributed by atoms with Crippen LogP contribution in [0.4, 0.5) is 11.6 Å². The third-order valence-electron chi connectivity index (χ3n) is 3.28. The molecule has 0 fully saturated rings. The number of hydrogen-bond acceptors (Lipinski definition) is 6. The minimum atomic E-state index is -0.414. The van der Waals surface area contributed by atoms with Gasteiger partial charge in [0.25, 0.3) is 4.96 Å². The predicted octanol–water partition coefficient (Wildman–Crippen LogP) is 2.97. The number of thiazole rings is 1. The number of fused-ring (bicyclic) bond motifs is 1. The van der Waals surface area contributed by atoms with Crippen molar-refractivity contribution in [2.24, 2.45) is 0 Å². The normalized spacial score (nSPS) is 10.8. The fraction of sp³-hybridized carbons (Fsp3) is 0.214. The summed E-state index contributed by atoms with van der Waals surface area (Å²) >= 11 is 1.37. The first kappa shape index (κ1) is 14.3. The maximum Gasteiger partial charge on any atom is 0.372 e. The van der Waals surface area contributed by atoms with Crippen LogP contribution in [0.1, 0.15) is 5.56 Å². The zero-order valence-corrected chi connectivity index (χ0v) is 12.7. The van der Waals surface area contributed by atoms with Gasteiger partial charge in [0, 0.05) is 11.9 Å². The zero-order valence-electron chi connectivity index (χ0n) is 11.9. The van der Waals surface area contributed by atoms with Crippen molar-refractivity contribution in [3.8, 4) is 5.75 Å². The Kier molecular flexibility index (Phi) is 3.92. The Bertz CT molecular complexity index is 794. The molecule has 3 rings (SSSR count). The van der Waals surface area contributed by atoms with E-state index in [1.54, 1.807) is 18.7 Å². The number of nitrogens with zero attached hydrogens (tertiary/aromatic N) is 3. The Morgan fingerprint density at radius 2 is 2.18 bits per heavy atom. The highest BCUT2D eigenvalue weighted by Crippen LogP contribution is 2.27. The number of hydrogen-bond donors (Lipinski definition) is 1. The molecule has 3 aromatic rings. The Labute approximate surface area is 130 Å². The van der Waals surface area contributed by atoms with Crippen molar-refractivity contribution in [3.63, 3.8) is 0 Å². The van der Waals surface area contributed by atoms with Crippen LogP contribution in [0.25, 0.3) is 4.96 Å². The van der Waals surface area contributed by atoms with Crippen molar-refractivity contribution in [3.05, 3.63) is 51.5 Å². The molecule has 0 bridgehead atoms. The average molecular weight is 318 g/mol. The van der Waals surface area contributed by atoms with Crippen molar-refractivity contribution in [1.82, 2.24) is 9.38 Å². The van der Waals surface area contributed by atoms with E-state index < -0.39 is 4.92 Å². The molecule has 0 saturated heterocycles. The first-order valence-corrected chi connectivity index (χ1v) is 7.54. The van der Waals surface area contributed by atoms with Crippen molar-refractivity contribution in [1.29, 1.82) is 0 Å². The van der Waals surface area contributed by atoms with Crippen molar-refractivity contribution < 1.29 is 9.66 Å². The van der Waals surface area contributed by atoms with Crippen molar-refractivity contribution in [2.75, 3.05) is 19.0 Å². The number of anilines is 1. The van der Waals surface area contributed by atoms with Gasteiger partial charge in [-0.25, -0.2) is 0 Å². The highest BCUT2D eigenvalue weighted by Gasteiger charge is 2.22. The molecular formula is C14H14N4O3S. The smallest absolute Gasteiger partial charge is 0.372 e. The summed E-state index contributed by atoms with van der Waals surface area (Å²) in [5, 5.41) is 16.0. The number of rotatable bonds is 6. The van der Waals surface area contributed by atoms with E-state index in [2.05, 4.69) is 10.3 Å². The van der Waals surface area contributed by atoms with Gasteiger partial charge >= 0.3 is 5.82 Å². The number of imidazole rings is 1. The summed E-state index contributed by atoms with van der Waals surface area (Å²) in [7, 11) is 1.63. The molecule has 0 atom stereocenters. The van der Waals surface area contributed by atoms with E-state index in [0.29, 0.717) is 17.3 Å². The number of methoxy groups -OCH3 is 1. The minimum absolute atomic E-state index is 0.0222. The van der Waals surface area contributed by atoms with E-state index in [1.807, 2.05) is 24.3 Å². The number of aromatic nitrogens is 2. The Balaban J connectivity index is 1.69. The second kappa shape index (κ2) is 6.02. The fourth-order valence-electron chi connectivity index (χ4n) is 2.18. The van der Waals surface area contributed by atoms with Crippen LogP contribution >= 0.6 is 11.3 Å². The quantitative estimate of drug-likeness (QED) is 0.558. The third kappa shape index (κ3) is 2.73. The number of ether oxygens (including phenoxy) is 1. The molecule has 0 unspecified atom stereocenters. The zero-order chi connectivity index (χ0) is 15.5. The first-order valence-electron chi connectivity index (χ1n) is 6.66. The lowest BCUT2D eigenvalue weighted by Gasteiger charge is -2.05. The molecule has 22 heavy (non-hydrogen) atoms. The minimum Gasteiger partial charge on any atom is -0.497 e. The summed E-state index contributed by atoms with van der Waals surface area (Å²) in [4.78, 5) is 15.7. The topological polar surface area (TPSA) is 81.7 Å². The van der Waals surface area contributed by atoms with Crippen LogP contribution in [0.2, 0.25) is 0 Å². The molecule has 8 heteroatoms. The Morgan fingerprint density at radius 1 is 1.41 bits per heavy atom. The lowest BCUT2D eigenvalue weighted by Crippen LogP contribution is -2.07. The predicted molar refractivity (Wildman–Crippen MR) is 84.9 cm³/mol. The summed E-state index contributed by atoms with van der Waals surface area (Å²) in [6.07, 6.45) is 2.39. The molecule has 2 heterocycles. The molecule has 114 valence electrons. The number of nitrogens with one attached hydrogen (secondary N) is 1. The SMILES string of the molecule is COc1ccc(CCNc2nc3sccn3c2[N+](=O)[O-])cc1.